The summed E-state index contributed by atoms with van der Waals surface area (Å²) in [6, 6.07) is 1.81. The summed E-state index contributed by atoms with van der Waals surface area (Å²) in [6.45, 7) is 4.30. The van der Waals surface area contributed by atoms with Gasteiger partial charge in [0.05, 0.1) is 18.0 Å². The van der Waals surface area contributed by atoms with E-state index < -0.39 is 9.84 Å². The minimum atomic E-state index is -2.94. The molecule has 0 bridgehead atoms. The zero-order chi connectivity index (χ0) is 12.3. The molecule has 0 saturated heterocycles. The lowest BCUT2D eigenvalue weighted by molar-refractivity contribution is 0.232. The Kier molecular flexibility index (Phi) is 4.09. The molecule has 1 rings (SSSR count). The number of nitrogens with zero attached hydrogens (tertiary/aromatic N) is 2. The number of hydrogen-bond acceptors (Lipinski definition) is 5. The second-order valence-corrected chi connectivity index (χ2v) is 6.48. The third-order valence-corrected chi connectivity index (χ3v) is 3.47. The van der Waals surface area contributed by atoms with Gasteiger partial charge in [0.15, 0.2) is 5.76 Å². The lowest BCUT2D eigenvalue weighted by atomic mass is 10.3. The van der Waals surface area contributed by atoms with E-state index in [9.17, 15) is 8.42 Å². The van der Waals surface area contributed by atoms with Crippen LogP contribution >= 0.6 is 0 Å². The highest BCUT2D eigenvalue weighted by atomic mass is 32.2. The molecule has 1 aromatic heterocycles. The molecule has 0 fully saturated rings. The molecule has 5 nitrogen and oxygen atoms in total. The van der Waals surface area contributed by atoms with E-state index in [4.69, 9.17) is 4.52 Å². The Balaban J connectivity index is 2.55. The van der Waals surface area contributed by atoms with Gasteiger partial charge in [-0.05, 0) is 20.9 Å². The molecule has 92 valence electrons. The molecular weight excluding hydrogens is 228 g/mol. The van der Waals surface area contributed by atoms with E-state index in [0.29, 0.717) is 6.54 Å². The summed E-state index contributed by atoms with van der Waals surface area (Å²) >= 11 is 0. The summed E-state index contributed by atoms with van der Waals surface area (Å²) in [7, 11) is -1.07. The zero-order valence-corrected chi connectivity index (χ0v) is 10.9. The normalized spacial score (nSPS) is 14.3. The van der Waals surface area contributed by atoms with Crippen LogP contribution in [0.1, 0.15) is 18.4 Å². The summed E-state index contributed by atoms with van der Waals surface area (Å²) in [5.74, 6) is 0.900. The van der Waals surface area contributed by atoms with Crippen molar-refractivity contribution in [2.45, 2.75) is 26.4 Å². The van der Waals surface area contributed by atoms with E-state index in [2.05, 4.69) is 5.16 Å². The molecule has 1 heterocycles. The molecule has 0 aromatic carbocycles. The van der Waals surface area contributed by atoms with Crippen molar-refractivity contribution in [3.05, 3.63) is 17.5 Å². The Morgan fingerprint density at radius 3 is 2.62 bits per heavy atom. The van der Waals surface area contributed by atoms with E-state index in [1.807, 2.05) is 31.9 Å². The highest BCUT2D eigenvalue weighted by molar-refractivity contribution is 7.90. The van der Waals surface area contributed by atoms with Crippen molar-refractivity contribution in [3.63, 3.8) is 0 Å². The molecular formula is C10H18N2O3S. The summed E-state index contributed by atoms with van der Waals surface area (Å²) in [5.41, 5.74) is 0.833. The van der Waals surface area contributed by atoms with Crippen LogP contribution in [0.25, 0.3) is 0 Å². The molecule has 0 spiro atoms. The van der Waals surface area contributed by atoms with Crippen LogP contribution in [0.15, 0.2) is 10.6 Å². The van der Waals surface area contributed by atoms with Crippen LogP contribution in [0.4, 0.5) is 0 Å². The second kappa shape index (κ2) is 4.97. The van der Waals surface area contributed by atoms with Gasteiger partial charge >= 0.3 is 0 Å². The molecule has 6 heteroatoms. The Morgan fingerprint density at radius 1 is 1.56 bits per heavy atom. The number of sulfone groups is 1. The first-order valence-corrected chi connectivity index (χ1v) is 7.14. The molecule has 0 amide bonds. The summed E-state index contributed by atoms with van der Waals surface area (Å²) in [4.78, 5) is 1.93. The van der Waals surface area contributed by atoms with E-state index >= 15 is 0 Å². The minimum Gasteiger partial charge on any atom is -0.360 e. The van der Waals surface area contributed by atoms with Crippen molar-refractivity contribution >= 4 is 9.84 Å². The predicted octanol–water partition coefficient (Wildman–Crippen LogP) is 0.848. The third-order valence-electron chi connectivity index (χ3n) is 2.38. The van der Waals surface area contributed by atoms with E-state index in [1.165, 1.54) is 6.26 Å². The highest BCUT2D eigenvalue weighted by Gasteiger charge is 2.16. The number of rotatable bonds is 5. The predicted molar refractivity (Wildman–Crippen MR) is 61.9 cm³/mol. The molecule has 1 atom stereocenters. The van der Waals surface area contributed by atoms with Crippen LogP contribution in [-0.2, 0) is 16.4 Å². The highest BCUT2D eigenvalue weighted by Crippen LogP contribution is 2.08. The van der Waals surface area contributed by atoms with Crippen LogP contribution in [-0.4, -0.2) is 43.6 Å². The van der Waals surface area contributed by atoms with E-state index in [-0.39, 0.29) is 11.8 Å². The van der Waals surface area contributed by atoms with Crippen molar-refractivity contribution in [2.24, 2.45) is 0 Å². The Hall–Kier alpha value is -0.880. The molecule has 16 heavy (non-hydrogen) atoms. The summed E-state index contributed by atoms with van der Waals surface area (Å²) in [5, 5.41) is 3.78. The van der Waals surface area contributed by atoms with Gasteiger partial charge in [-0.1, -0.05) is 5.16 Å². The van der Waals surface area contributed by atoms with Gasteiger partial charge in [-0.2, -0.15) is 0 Å². The molecule has 0 unspecified atom stereocenters. The molecule has 0 saturated carbocycles. The largest absolute Gasteiger partial charge is 0.360 e. The fraction of sp³-hybridized carbons (Fsp3) is 0.700. The first-order chi connectivity index (χ1) is 7.28. The minimum absolute atomic E-state index is 0.0413. The van der Waals surface area contributed by atoms with E-state index in [1.54, 1.807) is 0 Å². The first kappa shape index (κ1) is 13.2. The topological polar surface area (TPSA) is 63.4 Å². The second-order valence-electron chi connectivity index (χ2n) is 4.29. The van der Waals surface area contributed by atoms with Gasteiger partial charge in [-0.15, -0.1) is 0 Å². The van der Waals surface area contributed by atoms with Crippen LogP contribution < -0.4 is 0 Å². The van der Waals surface area contributed by atoms with Crippen LogP contribution in [0.5, 0.6) is 0 Å². The van der Waals surface area contributed by atoms with Crippen molar-refractivity contribution in [3.8, 4) is 0 Å². The monoisotopic (exact) mass is 246 g/mol. The average molecular weight is 246 g/mol. The lowest BCUT2D eigenvalue weighted by Crippen LogP contribution is -2.34. The van der Waals surface area contributed by atoms with Crippen molar-refractivity contribution in [1.82, 2.24) is 10.1 Å². The van der Waals surface area contributed by atoms with Crippen LogP contribution in [0, 0.1) is 6.92 Å². The smallest absolute Gasteiger partial charge is 0.150 e. The fourth-order valence-electron chi connectivity index (χ4n) is 1.46. The quantitative estimate of drug-likeness (QED) is 0.770. The van der Waals surface area contributed by atoms with Gasteiger partial charge in [-0.25, -0.2) is 8.42 Å². The van der Waals surface area contributed by atoms with Gasteiger partial charge in [0.2, 0.25) is 0 Å². The molecule has 0 aliphatic heterocycles. The Labute approximate surface area is 96.3 Å². The zero-order valence-electron chi connectivity index (χ0n) is 10.1. The third kappa shape index (κ3) is 4.32. The lowest BCUT2D eigenvalue weighted by Gasteiger charge is -2.22. The van der Waals surface area contributed by atoms with Gasteiger partial charge in [0, 0.05) is 18.4 Å². The van der Waals surface area contributed by atoms with Crippen molar-refractivity contribution in [1.29, 1.82) is 0 Å². The van der Waals surface area contributed by atoms with Gasteiger partial charge in [0.1, 0.15) is 9.84 Å². The van der Waals surface area contributed by atoms with Crippen molar-refractivity contribution in [2.75, 3.05) is 19.1 Å². The van der Waals surface area contributed by atoms with Crippen LogP contribution in [0.2, 0.25) is 0 Å². The number of aryl methyl sites for hydroxylation is 1. The fourth-order valence-corrected chi connectivity index (χ4v) is 2.59. The van der Waals surface area contributed by atoms with Gasteiger partial charge in [0.25, 0.3) is 0 Å². The SMILES string of the molecule is Cc1cc(CN(C)[C@@H](C)CS(C)(=O)=O)on1. The maximum absolute atomic E-state index is 11.1. The average Bonchev–Trinajstić information content (AvgIpc) is 2.48. The molecule has 0 aliphatic carbocycles. The first-order valence-electron chi connectivity index (χ1n) is 5.08. The molecule has 1 aromatic rings. The summed E-state index contributed by atoms with van der Waals surface area (Å²) < 4.78 is 27.4. The van der Waals surface area contributed by atoms with Gasteiger partial charge < -0.3 is 4.52 Å². The summed E-state index contributed by atoms with van der Waals surface area (Å²) in [6.07, 6.45) is 1.25. The number of aromatic nitrogens is 1. The van der Waals surface area contributed by atoms with Crippen LogP contribution in [0.3, 0.4) is 0 Å². The molecule has 0 aliphatic rings. The Bertz CT molecular complexity index is 439. The van der Waals surface area contributed by atoms with Gasteiger partial charge in [-0.3, -0.25) is 4.90 Å². The molecule has 0 radical (unpaired) electrons. The number of hydrogen-bond donors (Lipinski definition) is 0. The molecule has 0 N–H and O–H groups in total. The maximum Gasteiger partial charge on any atom is 0.150 e. The van der Waals surface area contributed by atoms with E-state index in [0.717, 1.165) is 11.5 Å². The Morgan fingerprint density at radius 2 is 2.19 bits per heavy atom. The van der Waals surface area contributed by atoms with Crippen molar-refractivity contribution < 1.29 is 12.9 Å². The maximum atomic E-state index is 11.1. The standard InChI is InChI=1S/C10H18N2O3S/c1-8-5-10(15-11-8)6-12(3)9(2)7-16(4,13)14/h5,9H,6-7H2,1-4H3/t9-/m0/s1.